The van der Waals surface area contributed by atoms with Crippen LogP contribution in [0, 0.1) is 13.8 Å². The lowest BCUT2D eigenvalue weighted by Crippen LogP contribution is -2.61. The van der Waals surface area contributed by atoms with Crippen LogP contribution in [-0.2, 0) is 6.42 Å². The predicted molar refractivity (Wildman–Crippen MR) is 88.4 cm³/mol. The molecule has 2 aliphatic rings. The molecule has 1 saturated carbocycles. The van der Waals surface area contributed by atoms with Crippen molar-refractivity contribution in [2.75, 3.05) is 13.1 Å². The first kappa shape index (κ1) is 15.4. The first-order valence-corrected chi connectivity index (χ1v) is 9.11. The maximum Gasteiger partial charge on any atom is 0.0947 e. The van der Waals surface area contributed by atoms with E-state index in [1.165, 1.54) is 67.2 Å². The summed E-state index contributed by atoms with van der Waals surface area (Å²) in [4.78, 5) is 8.79. The SMILES string of the molecule is Cc1nc(CC(NN)C2(N3CCCC3)CCCC2)sc1C. The molecule has 0 amide bonds. The highest BCUT2D eigenvalue weighted by molar-refractivity contribution is 7.11. The Morgan fingerprint density at radius 3 is 2.43 bits per heavy atom. The molecule has 3 N–H and O–H groups in total. The molecule has 1 aromatic rings. The summed E-state index contributed by atoms with van der Waals surface area (Å²) in [6.45, 7) is 6.75. The van der Waals surface area contributed by atoms with E-state index in [2.05, 4.69) is 24.2 Å². The van der Waals surface area contributed by atoms with Crippen molar-refractivity contribution < 1.29 is 0 Å². The molecule has 4 nitrogen and oxygen atoms in total. The Morgan fingerprint density at radius 2 is 1.90 bits per heavy atom. The molecule has 5 heteroatoms. The highest BCUT2D eigenvalue weighted by atomic mass is 32.1. The van der Waals surface area contributed by atoms with Gasteiger partial charge in [0.05, 0.1) is 10.7 Å². The molecule has 1 aromatic heterocycles. The minimum absolute atomic E-state index is 0.263. The second-order valence-corrected chi connectivity index (χ2v) is 7.97. The van der Waals surface area contributed by atoms with E-state index < -0.39 is 0 Å². The standard InChI is InChI=1S/C16H28N4S/c1-12-13(2)21-15(18-12)11-14(19-17)16(7-3-4-8-16)20-9-5-6-10-20/h14,19H,3-11,17H2,1-2H3. The van der Waals surface area contributed by atoms with Gasteiger partial charge in [-0.05, 0) is 52.6 Å². The van der Waals surface area contributed by atoms with E-state index in [-0.39, 0.29) is 5.54 Å². The van der Waals surface area contributed by atoms with Crippen LogP contribution in [0.3, 0.4) is 0 Å². The summed E-state index contributed by atoms with van der Waals surface area (Å²) in [5.41, 5.74) is 4.60. The monoisotopic (exact) mass is 308 g/mol. The van der Waals surface area contributed by atoms with Crippen molar-refractivity contribution in [3.05, 3.63) is 15.6 Å². The summed E-state index contributed by atoms with van der Waals surface area (Å²) in [5, 5.41) is 1.23. The number of hydrazine groups is 1. The number of rotatable bonds is 5. The van der Waals surface area contributed by atoms with Gasteiger partial charge in [-0.1, -0.05) is 12.8 Å². The van der Waals surface area contributed by atoms with Gasteiger partial charge in [0.15, 0.2) is 0 Å². The Hall–Kier alpha value is -0.490. The van der Waals surface area contributed by atoms with Crippen molar-refractivity contribution in [1.82, 2.24) is 15.3 Å². The van der Waals surface area contributed by atoms with Gasteiger partial charge < -0.3 is 0 Å². The number of aryl methyl sites for hydroxylation is 2. The summed E-state index contributed by atoms with van der Waals surface area (Å²) in [6.07, 6.45) is 8.89. The van der Waals surface area contributed by atoms with Crippen molar-refractivity contribution >= 4 is 11.3 Å². The predicted octanol–water partition coefficient (Wildman–Crippen LogP) is 2.54. The molecule has 118 valence electrons. The van der Waals surface area contributed by atoms with Gasteiger partial charge in [0.2, 0.25) is 0 Å². The molecule has 0 spiro atoms. The second kappa shape index (κ2) is 6.32. The number of nitrogens with two attached hydrogens (primary N) is 1. The van der Waals surface area contributed by atoms with Gasteiger partial charge in [-0.25, -0.2) is 4.98 Å². The third-order valence-corrected chi connectivity index (χ3v) is 6.60. The summed E-state index contributed by atoms with van der Waals surface area (Å²) >= 11 is 1.83. The first-order valence-electron chi connectivity index (χ1n) is 8.30. The normalized spacial score (nSPS) is 23.8. The van der Waals surface area contributed by atoms with Crippen LogP contribution in [0.15, 0.2) is 0 Å². The van der Waals surface area contributed by atoms with E-state index in [0.717, 1.165) is 6.42 Å². The van der Waals surface area contributed by atoms with E-state index in [0.29, 0.717) is 6.04 Å². The van der Waals surface area contributed by atoms with Crippen LogP contribution in [0.1, 0.15) is 54.1 Å². The molecule has 1 saturated heterocycles. The number of thiazole rings is 1. The van der Waals surface area contributed by atoms with E-state index >= 15 is 0 Å². The lowest BCUT2D eigenvalue weighted by atomic mass is 9.84. The number of nitrogens with one attached hydrogen (secondary N) is 1. The van der Waals surface area contributed by atoms with Crippen molar-refractivity contribution in [2.24, 2.45) is 5.84 Å². The molecule has 0 aromatic carbocycles. The number of aromatic nitrogens is 1. The highest BCUT2D eigenvalue weighted by Gasteiger charge is 2.46. The number of nitrogens with zero attached hydrogens (tertiary/aromatic N) is 2. The molecule has 1 aliphatic heterocycles. The van der Waals surface area contributed by atoms with Crippen LogP contribution in [0.5, 0.6) is 0 Å². The zero-order valence-corrected chi connectivity index (χ0v) is 14.1. The molecule has 1 aliphatic carbocycles. The lowest BCUT2D eigenvalue weighted by molar-refractivity contribution is 0.0766. The average Bonchev–Trinajstić information content (AvgIpc) is 3.18. The van der Waals surface area contributed by atoms with Crippen LogP contribution < -0.4 is 11.3 Å². The topological polar surface area (TPSA) is 54.2 Å². The van der Waals surface area contributed by atoms with Crippen LogP contribution >= 0.6 is 11.3 Å². The van der Waals surface area contributed by atoms with Crippen LogP contribution in [-0.4, -0.2) is 34.6 Å². The number of likely N-dealkylation sites (tertiary alicyclic amines) is 1. The average molecular weight is 308 g/mol. The minimum Gasteiger partial charge on any atom is -0.296 e. The highest BCUT2D eigenvalue weighted by Crippen LogP contribution is 2.41. The maximum absolute atomic E-state index is 6.00. The molecule has 1 unspecified atom stereocenters. The molecule has 0 radical (unpaired) electrons. The molecular formula is C16H28N4S. The molecule has 0 bridgehead atoms. The Morgan fingerprint density at radius 1 is 1.24 bits per heavy atom. The first-order chi connectivity index (χ1) is 10.2. The van der Waals surface area contributed by atoms with Crippen LogP contribution in [0.2, 0.25) is 0 Å². The van der Waals surface area contributed by atoms with Crippen molar-refractivity contribution in [1.29, 1.82) is 0 Å². The Balaban J connectivity index is 1.81. The fraction of sp³-hybridized carbons (Fsp3) is 0.812. The molecule has 2 heterocycles. The van der Waals surface area contributed by atoms with Gasteiger partial charge >= 0.3 is 0 Å². The molecule has 21 heavy (non-hydrogen) atoms. The maximum atomic E-state index is 6.00. The Kier molecular flexibility index (Phi) is 4.64. The molecule has 1 atom stereocenters. The van der Waals surface area contributed by atoms with E-state index in [1.807, 2.05) is 11.3 Å². The second-order valence-electron chi connectivity index (χ2n) is 6.68. The Labute approximate surface area is 132 Å². The molecule has 3 rings (SSSR count). The van der Waals surface area contributed by atoms with Crippen molar-refractivity contribution in [2.45, 2.75) is 70.4 Å². The van der Waals surface area contributed by atoms with Gasteiger partial charge in [-0.3, -0.25) is 16.2 Å². The van der Waals surface area contributed by atoms with Gasteiger partial charge in [0, 0.05) is 22.9 Å². The van der Waals surface area contributed by atoms with Gasteiger partial charge in [0.1, 0.15) is 0 Å². The van der Waals surface area contributed by atoms with Crippen LogP contribution in [0.4, 0.5) is 0 Å². The van der Waals surface area contributed by atoms with Gasteiger partial charge in [0.25, 0.3) is 0 Å². The zero-order valence-electron chi connectivity index (χ0n) is 13.3. The number of hydrogen-bond donors (Lipinski definition) is 2. The van der Waals surface area contributed by atoms with Crippen LogP contribution in [0.25, 0.3) is 0 Å². The molecular weight excluding hydrogens is 280 g/mol. The van der Waals surface area contributed by atoms with E-state index in [1.54, 1.807) is 0 Å². The summed E-state index contributed by atoms with van der Waals surface area (Å²) < 4.78 is 0. The minimum atomic E-state index is 0.263. The summed E-state index contributed by atoms with van der Waals surface area (Å²) in [7, 11) is 0. The largest absolute Gasteiger partial charge is 0.296 e. The van der Waals surface area contributed by atoms with Crippen molar-refractivity contribution in [3.8, 4) is 0 Å². The van der Waals surface area contributed by atoms with Crippen molar-refractivity contribution in [3.63, 3.8) is 0 Å². The summed E-state index contributed by atoms with van der Waals surface area (Å²) in [5.74, 6) is 6.00. The van der Waals surface area contributed by atoms with Gasteiger partial charge in [-0.15, -0.1) is 11.3 Å². The lowest BCUT2D eigenvalue weighted by Gasteiger charge is -2.44. The Bertz CT molecular complexity index is 453. The number of hydrogen-bond acceptors (Lipinski definition) is 5. The summed E-state index contributed by atoms with van der Waals surface area (Å²) in [6, 6.07) is 0.322. The fourth-order valence-corrected chi connectivity index (χ4v) is 5.22. The third kappa shape index (κ3) is 2.89. The zero-order chi connectivity index (χ0) is 14.9. The third-order valence-electron chi connectivity index (χ3n) is 5.51. The smallest absolute Gasteiger partial charge is 0.0947 e. The van der Waals surface area contributed by atoms with E-state index in [9.17, 15) is 0 Å². The molecule has 2 fully saturated rings. The fourth-order valence-electron chi connectivity index (χ4n) is 4.24. The van der Waals surface area contributed by atoms with Gasteiger partial charge in [-0.2, -0.15) is 0 Å². The quantitative estimate of drug-likeness (QED) is 0.648. The van der Waals surface area contributed by atoms with E-state index in [4.69, 9.17) is 10.8 Å².